The van der Waals surface area contributed by atoms with E-state index in [4.69, 9.17) is 4.74 Å². The van der Waals surface area contributed by atoms with Gasteiger partial charge in [-0.2, -0.15) is 0 Å². The van der Waals surface area contributed by atoms with Gasteiger partial charge in [-0.3, -0.25) is 4.98 Å². The van der Waals surface area contributed by atoms with Crippen molar-refractivity contribution in [3.8, 4) is 5.75 Å². The normalized spacial score (nSPS) is 10.6. The largest absolute Gasteiger partial charge is 0.485 e. The molecule has 4 nitrogen and oxygen atoms in total. The molecule has 2 aromatic rings. The minimum absolute atomic E-state index is 0.117. The minimum Gasteiger partial charge on any atom is -0.485 e. The highest BCUT2D eigenvalue weighted by Gasteiger charge is 2.06. The zero-order valence-electron chi connectivity index (χ0n) is 10.5. The monoisotopic (exact) mass is 264 g/mol. The maximum atomic E-state index is 9.23. The summed E-state index contributed by atoms with van der Waals surface area (Å²) in [6.07, 6.45) is 0.943. The first kappa shape index (κ1) is 13.0. The fraction of sp³-hybridized carbons (Fsp3) is 0.385. The molecular weight excluding hydrogens is 248 g/mol. The lowest BCUT2D eigenvalue weighted by Crippen LogP contribution is -2.02. The van der Waals surface area contributed by atoms with Crippen LogP contribution in [0, 0.1) is 6.92 Å². The van der Waals surface area contributed by atoms with E-state index >= 15 is 0 Å². The van der Waals surface area contributed by atoms with Crippen molar-refractivity contribution in [1.29, 1.82) is 0 Å². The maximum Gasteiger partial charge on any atom is 0.143 e. The molecule has 0 unspecified atom stereocenters. The van der Waals surface area contributed by atoms with Crippen LogP contribution < -0.4 is 4.74 Å². The molecule has 96 valence electrons. The number of hydrogen-bond acceptors (Lipinski definition) is 5. The Balaban J connectivity index is 2.05. The van der Waals surface area contributed by atoms with Gasteiger partial charge in [0.25, 0.3) is 0 Å². The van der Waals surface area contributed by atoms with Crippen molar-refractivity contribution in [1.82, 2.24) is 9.97 Å². The summed E-state index contributed by atoms with van der Waals surface area (Å²) < 4.78 is 5.65. The van der Waals surface area contributed by atoms with E-state index in [2.05, 4.69) is 16.9 Å². The second-order valence-electron chi connectivity index (χ2n) is 3.93. The summed E-state index contributed by atoms with van der Waals surface area (Å²) in [7, 11) is 0. The maximum absolute atomic E-state index is 9.23. The van der Waals surface area contributed by atoms with E-state index in [1.165, 1.54) is 0 Å². The number of ether oxygens (including phenoxy) is 1. The van der Waals surface area contributed by atoms with E-state index in [-0.39, 0.29) is 6.61 Å². The van der Waals surface area contributed by atoms with Gasteiger partial charge in [0.2, 0.25) is 0 Å². The van der Waals surface area contributed by atoms with Gasteiger partial charge in [0, 0.05) is 11.1 Å². The third kappa shape index (κ3) is 3.05. The van der Waals surface area contributed by atoms with Crippen molar-refractivity contribution in [2.75, 3.05) is 0 Å². The topological polar surface area (TPSA) is 55.2 Å². The van der Waals surface area contributed by atoms with Crippen molar-refractivity contribution in [2.45, 2.75) is 33.5 Å². The minimum atomic E-state index is -0.117. The Labute approximate surface area is 110 Å². The highest BCUT2D eigenvalue weighted by atomic mass is 32.1. The number of thiazole rings is 1. The Morgan fingerprint density at radius 2 is 2.17 bits per heavy atom. The average molecular weight is 264 g/mol. The number of nitrogens with zero attached hydrogens (tertiary/aromatic N) is 2. The number of aliphatic hydroxyl groups excluding tert-OH is 1. The molecule has 2 aromatic heterocycles. The molecule has 18 heavy (non-hydrogen) atoms. The molecule has 0 saturated carbocycles. The second-order valence-corrected chi connectivity index (χ2v) is 4.87. The predicted octanol–water partition coefficient (Wildman–Crippen LogP) is 2.48. The van der Waals surface area contributed by atoms with Gasteiger partial charge < -0.3 is 9.84 Å². The summed E-state index contributed by atoms with van der Waals surface area (Å²) in [4.78, 5) is 8.66. The molecule has 2 rings (SSSR count). The van der Waals surface area contributed by atoms with Crippen LogP contribution in [-0.2, 0) is 19.6 Å². The molecule has 0 radical (unpaired) electrons. The summed E-state index contributed by atoms with van der Waals surface area (Å²) in [5.74, 6) is 0.620. The van der Waals surface area contributed by atoms with Gasteiger partial charge in [0.1, 0.15) is 18.1 Å². The molecule has 5 heteroatoms. The second kappa shape index (κ2) is 5.93. The molecule has 0 aliphatic carbocycles. The van der Waals surface area contributed by atoms with Crippen LogP contribution in [0.5, 0.6) is 5.75 Å². The molecule has 0 aliphatic heterocycles. The zero-order valence-corrected chi connectivity index (χ0v) is 11.3. The van der Waals surface area contributed by atoms with Gasteiger partial charge in [-0.05, 0) is 25.5 Å². The summed E-state index contributed by atoms with van der Waals surface area (Å²) in [6.45, 7) is 4.26. The van der Waals surface area contributed by atoms with Crippen molar-refractivity contribution >= 4 is 11.3 Å². The highest BCUT2D eigenvalue weighted by molar-refractivity contribution is 7.09. The van der Waals surface area contributed by atoms with Gasteiger partial charge in [0.15, 0.2) is 0 Å². The smallest absolute Gasteiger partial charge is 0.143 e. The first-order valence-electron chi connectivity index (χ1n) is 5.86. The van der Waals surface area contributed by atoms with Crippen molar-refractivity contribution in [2.24, 2.45) is 0 Å². The molecule has 0 aliphatic rings. The van der Waals surface area contributed by atoms with E-state index in [1.807, 2.05) is 24.4 Å². The van der Waals surface area contributed by atoms with Gasteiger partial charge >= 0.3 is 0 Å². The number of aliphatic hydroxyl groups is 1. The molecule has 0 atom stereocenters. The van der Waals surface area contributed by atoms with Crippen LogP contribution in [0.15, 0.2) is 17.5 Å². The molecule has 1 N–H and O–H groups in total. The van der Waals surface area contributed by atoms with Crippen LogP contribution in [-0.4, -0.2) is 15.1 Å². The van der Waals surface area contributed by atoms with Crippen LogP contribution in [0.25, 0.3) is 0 Å². The Morgan fingerprint density at radius 1 is 1.33 bits per heavy atom. The Morgan fingerprint density at radius 3 is 2.83 bits per heavy atom. The zero-order chi connectivity index (χ0) is 13.0. The lowest BCUT2D eigenvalue weighted by Gasteiger charge is -2.08. The molecule has 0 amide bonds. The van der Waals surface area contributed by atoms with E-state index in [0.717, 1.165) is 22.8 Å². The van der Waals surface area contributed by atoms with Gasteiger partial charge in [-0.15, -0.1) is 11.3 Å². The van der Waals surface area contributed by atoms with Crippen molar-refractivity contribution in [3.63, 3.8) is 0 Å². The Hall–Kier alpha value is -1.46. The standard InChI is InChI=1S/C13H16N2O2S/c1-3-13-15-10(8-18-13)7-17-12-5-4-9(2)14-11(12)6-16/h4-5,8,16H,3,6-7H2,1-2H3. The number of rotatable bonds is 5. The first-order valence-corrected chi connectivity index (χ1v) is 6.74. The third-order valence-corrected chi connectivity index (χ3v) is 3.54. The lowest BCUT2D eigenvalue weighted by atomic mass is 10.3. The number of aryl methyl sites for hydroxylation is 2. The van der Waals surface area contributed by atoms with E-state index in [1.54, 1.807) is 11.3 Å². The van der Waals surface area contributed by atoms with Crippen molar-refractivity contribution in [3.05, 3.63) is 39.6 Å². The fourth-order valence-electron chi connectivity index (χ4n) is 1.57. The van der Waals surface area contributed by atoms with Gasteiger partial charge in [0.05, 0.1) is 17.3 Å². The SMILES string of the molecule is CCc1nc(COc2ccc(C)nc2CO)cs1. The molecule has 2 heterocycles. The van der Waals surface area contributed by atoms with E-state index < -0.39 is 0 Å². The van der Waals surface area contributed by atoms with Gasteiger partial charge in [-0.1, -0.05) is 6.92 Å². The molecule has 0 bridgehead atoms. The van der Waals surface area contributed by atoms with Crippen LogP contribution in [0.3, 0.4) is 0 Å². The first-order chi connectivity index (χ1) is 8.72. The van der Waals surface area contributed by atoms with E-state index in [0.29, 0.717) is 18.1 Å². The van der Waals surface area contributed by atoms with Crippen LogP contribution in [0.4, 0.5) is 0 Å². The Bertz CT molecular complexity index is 525. The van der Waals surface area contributed by atoms with Crippen molar-refractivity contribution < 1.29 is 9.84 Å². The molecule has 0 spiro atoms. The summed E-state index contributed by atoms with van der Waals surface area (Å²) in [6, 6.07) is 3.70. The average Bonchev–Trinajstić information content (AvgIpc) is 2.85. The number of pyridine rings is 1. The van der Waals surface area contributed by atoms with E-state index in [9.17, 15) is 5.11 Å². The third-order valence-electron chi connectivity index (χ3n) is 2.50. The highest BCUT2D eigenvalue weighted by Crippen LogP contribution is 2.19. The fourth-order valence-corrected chi connectivity index (χ4v) is 2.30. The Kier molecular flexibility index (Phi) is 4.28. The quantitative estimate of drug-likeness (QED) is 0.901. The summed E-state index contributed by atoms with van der Waals surface area (Å²) in [5, 5.41) is 12.3. The van der Waals surface area contributed by atoms with Crippen LogP contribution >= 0.6 is 11.3 Å². The molecular formula is C13H16N2O2S. The number of aromatic nitrogens is 2. The van der Waals surface area contributed by atoms with Crippen LogP contribution in [0.1, 0.15) is 29.0 Å². The number of hydrogen-bond donors (Lipinski definition) is 1. The molecule has 0 fully saturated rings. The van der Waals surface area contributed by atoms with Gasteiger partial charge in [-0.25, -0.2) is 4.98 Å². The summed E-state index contributed by atoms with van der Waals surface area (Å²) >= 11 is 1.64. The lowest BCUT2D eigenvalue weighted by molar-refractivity contribution is 0.252. The molecule has 0 aromatic carbocycles. The molecule has 0 saturated heterocycles. The summed E-state index contributed by atoms with van der Waals surface area (Å²) in [5.41, 5.74) is 2.36. The predicted molar refractivity (Wildman–Crippen MR) is 70.7 cm³/mol. The van der Waals surface area contributed by atoms with Crippen LogP contribution in [0.2, 0.25) is 0 Å².